The van der Waals surface area contributed by atoms with Crippen molar-refractivity contribution in [2.45, 2.75) is 25.3 Å². The zero-order valence-corrected chi connectivity index (χ0v) is 9.48. The highest BCUT2D eigenvalue weighted by atomic mass is 16.5. The Morgan fingerprint density at radius 2 is 2.50 bits per heavy atom. The topological polar surface area (TPSA) is 34.1 Å². The number of nitrogens with one attached hydrogen (secondary N) is 1. The van der Waals surface area contributed by atoms with Crippen LogP contribution in [0.2, 0.25) is 0 Å². The highest BCUT2D eigenvalue weighted by Gasteiger charge is 2.14. The predicted octanol–water partition coefficient (Wildman–Crippen LogP) is 1.94. The quantitative estimate of drug-likeness (QED) is 0.767. The van der Waals surface area contributed by atoms with E-state index in [1.54, 1.807) is 6.20 Å². The van der Waals surface area contributed by atoms with E-state index in [2.05, 4.69) is 16.9 Å². The van der Waals surface area contributed by atoms with Crippen LogP contribution in [0.3, 0.4) is 0 Å². The number of pyridine rings is 1. The third kappa shape index (κ3) is 3.07. The van der Waals surface area contributed by atoms with Crippen LogP contribution in [0.1, 0.15) is 18.4 Å². The summed E-state index contributed by atoms with van der Waals surface area (Å²) in [6.45, 7) is 5.57. The Morgan fingerprint density at radius 3 is 3.25 bits per heavy atom. The lowest BCUT2D eigenvalue weighted by atomic mass is 10.2. The van der Waals surface area contributed by atoms with E-state index in [4.69, 9.17) is 4.74 Å². The van der Waals surface area contributed by atoms with E-state index in [1.807, 2.05) is 18.3 Å². The minimum Gasteiger partial charge on any atom is -0.490 e. The van der Waals surface area contributed by atoms with Crippen LogP contribution in [0.5, 0.6) is 5.75 Å². The van der Waals surface area contributed by atoms with Gasteiger partial charge in [0.15, 0.2) is 0 Å². The van der Waals surface area contributed by atoms with Gasteiger partial charge >= 0.3 is 0 Å². The Hall–Kier alpha value is -1.35. The van der Waals surface area contributed by atoms with Crippen LogP contribution in [-0.2, 0) is 6.42 Å². The summed E-state index contributed by atoms with van der Waals surface area (Å²) >= 11 is 0. The summed E-state index contributed by atoms with van der Waals surface area (Å²) in [4.78, 5) is 4.16. The third-order valence-corrected chi connectivity index (χ3v) is 2.76. The van der Waals surface area contributed by atoms with E-state index < -0.39 is 0 Å². The number of nitrogens with zero attached hydrogens (tertiary/aromatic N) is 1. The number of hydrogen-bond acceptors (Lipinski definition) is 3. The summed E-state index contributed by atoms with van der Waals surface area (Å²) in [5.41, 5.74) is 1.15. The van der Waals surface area contributed by atoms with E-state index in [0.717, 1.165) is 30.9 Å². The standard InChI is InChI=1S/C13H18N2O/c1-2-4-11-7-13(9-14-8-11)16-10-12-5-3-6-15-12/h2,7-9,12,15H,1,3-6,10H2/t12-/m0/s1. The van der Waals surface area contributed by atoms with Gasteiger partial charge in [0.25, 0.3) is 0 Å². The van der Waals surface area contributed by atoms with Crippen molar-refractivity contribution in [1.82, 2.24) is 10.3 Å². The minimum absolute atomic E-state index is 0.503. The van der Waals surface area contributed by atoms with Crippen LogP contribution in [-0.4, -0.2) is 24.2 Å². The molecule has 1 aliphatic rings. The lowest BCUT2D eigenvalue weighted by Crippen LogP contribution is -2.28. The Balaban J connectivity index is 1.87. The minimum atomic E-state index is 0.503. The molecule has 2 rings (SSSR count). The summed E-state index contributed by atoms with van der Waals surface area (Å²) in [5, 5.41) is 3.41. The van der Waals surface area contributed by atoms with Crippen molar-refractivity contribution in [3.05, 3.63) is 36.7 Å². The second kappa shape index (κ2) is 5.66. The average molecular weight is 218 g/mol. The highest BCUT2D eigenvalue weighted by molar-refractivity contribution is 5.24. The van der Waals surface area contributed by atoms with Crippen molar-refractivity contribution in [2.75, 3.05) is 13.2 Å². The zero-order chi connectivity index (χ0) is 11.2. The molecule has 3 nitrogen and oxygen atoms in total. The van der Waals surface area contributed by atoms with Gasteiger partial charge in [-0.05, 0) is 37.4 Å². The van der Waals surface area contributed by atoms with Gasteiger partial charge in [-0.1, -0.05) is 6.08 Å². The lowest BCUT2D eigenvalue weighted by molar-refractivity contribution is 0.276. The van der Waals surface area contributed by atoms with Gasteiger partial charge in [0, 0.05) is 12.2 Å². The summed E-state index contributed by atoms with van der Waals surface area (Å²) in [6, 6.07) is 2.53. The highest BCUT2D eigenvalue weighted by Crippen LogP contribution is 2.13. The van der Waals surface area contributed by atoms with Gasteiger partial charge in [0.1, 0.15) is 12.4 Å². The molecule has 3 heteroatoms. The molecule has 1 saturated heterocycles. The molecular formula is C13H18N2O. The first-order valence-electron chi connectivity index (χ1n) is 5.79. The van der Waals surface area contributed by atoms with E-state index in [-0.39, 0.29) is 0 Å². The molecule has 1 atom stereocenters. The maximum absolute atomic E-state index is 5.72. The molecule has 0 amide bonds. The fourth-order valence-corrected chi connectivity index (χ4v) is 1.92. The molecule has 1 aromatic heterocycles. The Morgan fingerprint density at radius 1 is 1.56 bits per heavy atom. The first-order chi connectivity index (χ1) is 7.88. The van der Waals surface area contributed by atoms with Crippen molar-refractivity contribution in [1.29, 1.82) is 0 Å². The van der Waals surface area contributed by atoms with Crippen LogP contribution in [0.4, 0.5) is 0 Å². The molecule has 1 aliphatic heterocycles. The molecule has 1 aromatic rings. The van der Waals surface area contributed by atoms with Crippen LogP contribution in [0.15, 0.2) is 31.1 Å². The van der Waals surface area contributed by atoms with E-state index in [0.29, 0.717) is 6.04 Å². The molecule has 0 radical (unpaired) electrons. The van der Waals surface area contributed by atoms with Gasteiger partial charge in [-0.2, -0.15) is 0 Å². The normalized spacial score (nSPS) is 19.6. The molecule has 2 heterocycles. The third-order valence-electron chi connectivity index (χ3n) is 2.76. The number of allylic oxidation sites excluding steroid dienone is 1. The number of hydrogen-bond donors (Lipinski definition) is 1. The van der Waals surface area contributed by atoms with Gasteiger partial charge in [0.2, 0.25) is 0 Å². The van der Waals surface area contributed by atoms with Crippen molar-refractivity contribution in [3.8, 4) is 5.75 Å². The molecule has 0 unspecified atom stereocenters. The first kappa shape index (κ1) is 11.1. The van der Waals surface area contributed by atoms with Gasteiger partial charge in [0.05, 0.1) is 6.20 Å². The van der Waals surface area contributed by atoms with Gasteiger partial charge in [-0.25, -0.2) is 0 Å². The molecule has 16 heavy (non-hydrogen) atoms. The molecule has 0 bridgehead atoms. The molecule has 0 aromatic carbocycles. The second-order valence-corrected chi connectivity index (χ2v) is 4.13. The van der Waals surface area contributed by atoms with Crippen LogP contribution in [0.25, 0.3) is 0 Å². The second-order valence-electron chi connectivity index (χ2n) is 4.13. The zero-order valence-electron chi connectivity index (χ0n) is 9.48. The molecule has 0 aliphatic carbocycles. The first-order valence-corrected chi connectivity index (χ1v) is 5.79. The SMILES string of the molecule is C=CCc1cncc(OC[C@@H]2CCCN2)c1. The molecule has 0 saturated carbocycles. The predicted molar refractivity (Wildman–Crippen MR) is 64.7 cm³/mol. The summed E-state index contributed by atoms with van der Waals surface area (Å²) in [5.74, 6) is 0.855. The number of aromatic nitrogens is 1. The molecular weight excluding hydrogens is 200 g/mol. The largest absolute Gasteiger partial charge is 0.490 e. The van der Waals surface area contributed by atoms with Gasteiger partial charge in [-0.3, -0.25) is 4.98 Å². The molecule has 0 spiro atoms. The van der Waals surface area contributed by atoms with Gasteiger partial charge < -0.3 is 10.1 Å². The van der Waals surface area contributed by atoms with Crippen molar-refractivity contribution < 1.29 is 4.74 Å². The van der Waals surface area contributed by atoms with Crippen molar-refractivity contribution in [3.63, 3.8) is 0 Å². The Labute approximate surface area is 96.5 Å². The summed E-state index contributed by atoms with van der Waals surface area (Å²) in [6.07, 6.45) is 8.79. The molecule has 1 N–H and O–H groups in total. The number of rotatable bonds is 5. The molecule has 1 fully saturated rings. The monoisotopic (exact) mass is 218 g/mol. The maximum Gasteiger partial charge on any atom is 0.137 e. The van der Waals surface area contributed by atoms with E-state index in [1.165, 1.54) is 12.8 Å². The van der Waals surface area contributed by atoms with E-state index in [9.17, 15) is 0 Å². The van der Waals surface area contributed by atoms with Gasteiger partial charge in [-0.15, -0.1) is 6.58 Å². The summed E-state index contributed by atoms with van der Waals surface area (Å²) < 4.78 is 5.72. The van der Waals surface area contributed by atoms with Crippen molar-refractivity contribution in [2.24, 2.45) is 0 Å². The van der Waals surface area contributed by atoms with Crippen LogP contribution >= 0.6 is 0 Å². The smallest absolute Gasteiger partial charge is 0.137 e. The fraction of sp³-hybridized carbons (Fsp3) is 0.462. The fourth-order valence-electron chi connectivity index (χ4n) is 1.92. The Kier molecular flexibility index (Phi) is 3.94. The van der Waals surface area contributed by atoms with Crippen LogP contribution < -0.4 is 10.1 Å². The number of ether oxygens (including phenoxy) is 1. The van der Waals surface area contributed by atoms with E-state index >= 15 is 0 Å². The van der Waals surface area contributed by atoms with Crippen LogP contribution in [0, 0.1) is 0 Å². The average Bonchev–Trinajstić information content (AvgIpc) is 2.80. The molecule has 86 valence electrons. The maximum atomic E-state index is 5.72. The lowest BCUT2D eigenvalue weighted by Gasteiger charge is -2.12. The summed E-state index contributed by atoms with van der Waals surface area (Å²) in [7, 11) is 0. The Bertz CT molecular complexity index is 346. The van der Waals surface area contributed by atoms with Crippen molar-refractivity contribution >= 4 is 0 Å².